The lowest BCUT2D eigenvalue weighted by Crippen LogP contribution is -2.09. The van der Waals surface area contributed by atoms with E-state index in [9.17, 15) is 10.1 Å². The van der Waals surface area contributed by atoms with Crippen molar-refractivity contribution in [2.75, 3.05) is 5.32 Å². The smallest absolute Gasteiger partial charge is 0.290 e. The lowest BCUT2D eigenvalue weighted by Gasteiger charge is -2.16. The topological polar surface area (TPSA) is 85.9 Å². The predicted molar refractivity (Wildman–Crippen MR) is 101 cm³/mol. The predicted octanol–water partition coefficient (Wildman–Crippen LogP) is 4.27. The summed E-state index contributed by atoms with van der Waals surface area (Å²) in [6.07, 6.45) is 0. The Balaban J connectivity index is 1.76. The van der Waals surface area contributed by atoms with E-state index >= 15 is 0 Å². The van der Waals surface area contributed by atoms with E-state index in [1.807, 2.05) is 55.8 Å². The van der Waals surface area contributed by atoms with Gasteiger partial charge in [-0.25, -0.2) is 9.67 Å². The van der Waals surface area contributed by atoms with Gasteiger partial charge in [0.05, 0.1) is 16.3 Å². The Morgan fingerprint density at radius 3 is 2.35 bits per heavy atom. The van der Waals surface area contributed by atoms with Crippen molar-refractivity contribution in [1.29, 1.82) is 0 Å². The first-order chi connectivity index (χ1) is 12.3. The lowest BCUT2D eigenvalue weighted by atomic mass is 10.1. The molecule has 1 unspecified atom stereocenters. The van der Waals surface area contributed by atoms with E-state index in [2.05, 4.69) is 15.4 Å². The van der Waals surface area contributed by atoms with E-state index < -0.39 is 4.92 Å². The molecular formula is C19H21N5O2. The minimum Gasteiger partial charge on any atom is -0.364 e. The molecular weight excluding hydrogens is 330 g/mol. The molecule has 0 aliphatic carbocycles. The van der Waals surface area contributed by atoms with Crippen LogP contribution >= 0.6 is 0 Å². The first-order valence-electron chi connectivity index (χ1n) is 8.37. The third-order valence-corrected chi connectivity index (χ3v) is 4.27. The number of nitrogens with one attached hydrogen (secondary N) is 1. The number of hydrogen-bond donors (Lipinski definition) is 1. The molecule has 26 heavy (non-hydrogen) atoms. The summed E-state index contributed by atoms with van der Waals surface area (Å²) in [6.45, 7) is 7.66. The Bertz CT molecular complexity index is 947. The van der Waals surface area contributed by atoms with E-state index in [0.717, 1.165) is 22.6 Å². The Kier molecular flexibility index (Phi) is 4.71. The molecule has 0 fully saturated rings. The second-order valence-corrected chi connectivity index (χ2v) is 6.35. The van der Waals surface area contributed by atoms with Gasteiger partial charge in [0.2, 0.25) is 0 Å². The van der Waals surface area contributed by atoms with E-state index in [-0.39, 0.29) is 11.7 Å². The van der Waals surface area contributed by atoms with Gasteiger partial charge in [-0.2, -0.15) is 5.10 Å². The normalized spacial score (nSPS) is 12.0. The largest absolute Gasteiger partial charge is 0.364 e. The fraction of sp³-hybridized carbons (Fsp3) is 0.263. The molecule has 1 atom stereocenters. The van der Waals surface area contributed by atoms with E-state index in [4.69, 9.17) is 0 Å². The summed E-state index contributed by atoms with van der Waals surface area (Å²) >= 11 is 0. The minimum atomic E-state index is -0.423. The monoisotopic (exact) mass is 351 g/mol. The summed E-state index contributed by atoms with van der Waals surface area (Å²) in [5.41, 5.74) is 4.60. The van der Waals surface area contributed by atoms with Crippen molar-refractivity contribution in [1.82, 2.24) is 14.8 Å². The van der Waals surface area contributed by atoms with Crippen LogP contribution in [0.15, 0.2) is 42.5 Å². The molecule has 1 aromatic carbocycles. The molecule has 0 spiro atoms. The molecule has 0 radical (unpaired) electrons. The van der Waals surface area contributed by atoms with Gasteiger partial charge in [0.15, 0.2) is 0 Å². The number of rotatable bonds is 5. The van der Waals surface area contributed by atoms with Gasteiger partial charge in [0, 0.05) is 17.8 Å². The molecule has 1 N–H and O–H groups in total. The molecule has 7 heteroatoms. The van der Waals surface area contributed by atoms with Crippen LogP contribution in [0.5, 0.6) is 0 Å². The van der Waals surface area contributed by atoms with Crippen LogP contribution in [0.2, 0.25) is 0 Å². The van der Waals surface area contributed by atoms with Crippen molar-refractivity contribution < 1.29 is 4.92 Å². The quantitative estimate of drug-likeness (QED) is 0.548. The van der Waals surface area contributed by atoms with Gasteiger partial charge in [-0.05, 0) is 57.5 Å². The first-order valence-corrected chi connectivity index (χ1v) is 8.37. The summed E-state index contributed by atoms with van der Waals surface area (Å²) < 4.78 is 1.92. The standard InChI is InChI=1S/C19H21N5O2/c1-12-11-13(2)23(22-12)17-7-5-16(6-8-17)14(3)20-19-10-9-18(24(25)26)15(4)21-19/h5-11,14H,1-4H3,(H,20,21). The van der Waals surface area contributed by atoms with E-state index in [1.54, 1.807) is 13.0 Å². The molecule has 0 saturated carbocycles. The molecule has 0 aliphatic rings. The fourth-order valence-corrected chi connectivity index (χ4v) is 2.93. The SMILES string of the molecule is Cc1cc(C)n(-c2ccc(C(C)Nc3ccc([N+](=O)[O-])c(C)n3)cc2)n1. The number of pyridine rings is 1. The van der Waals surface area contributed by atoms with Crippen LogP contribution in [0.1, 0.15) is 35.6 Å². The second kappa shape index (κ2) is 6.95. The maximum absolute atomic E-state index is 10.9. The number of benzene rings is 1. The summed E-state index contributed by atoms with van der Waals surface area (Å²) in [6, 6.07) is 13.3. The van der Waals surface area contributed by atoms with Crippen molar-refractivity contribution in [3.8, 4) is 5.69 Å². The molecule has 3 rings (SSSR count). The number of aromatic nitrogens is 3. The van der Waals surface area contributed by atoms with Gasteiger partial charge >= 0.3 is 0 Å². The zero-order chi connectivity index (χ0) is 18.8. The number of hydrogen-bond acceptors (Lipinski definition) is 5. The van der Waals surface area contributed by atoms with Crippen molar-refractivity contribution in [2.45, 2.75) is 33.7 Å². The first kappa shape index (κ1) is 17.6. The summed E-state index contributed by atoms with van der Waals surface area (Å²) in [7, 11) is 0. The van der Waals surface area contributed by atoms with Crippen LogP contribution in [0, 0.1) is 30.9 Å². The Hall–Kier alpha value is -3.22. The zero-order valence-electron chi connectivity index (χ0n) is 15.2. The molecule has 2 aromatic heterocycles. The highest BCUT2D eigenvalue weighted by atomic mass is 16.6. The molecule has 0 amide bonds. The maximum Gasteiger partial charge on any atom is 0.290 e. The number of aryl methyl sites for hydroxylation is 3. The highest BCUT2D eigenvalue weighted by Crippen LogP contribution is 2.23. The van der Waals surface area contributed by atoms with Gasteiger partial charge < -0.3 is 5.32 Å². The molecule has 7 nitrogen and oxygen atoms in total. The Morgan fingerprint density at radius 2 is 1.81 bits per heavy atom. The lowest BCUT2D eigenvalue weighted by molar-refractivity contribution is -0.385. The highest BCUT2D eigenvalue weighted by molar-refractivity contribution is 5.47. The second-order valence-electron chi connectivity index (χ2n) is 6.35. The van der Waals surface area contributed by atoms with Crippen LogP contribution in [-0.2, 0) is 0 Å². The van der Waals surface area contributed by atoms with Gasteiger partial charge in [-0.1, -0.05) is 12.1 Å². The van der Waals surface area contributed by atoms with Gasteiger partial charge in [0.25, 0.3) is 5.69 Å². The maximum atomic E-state index is 10.9. The van der Waals surface area contributed by atoms with Crippen molar-refractivity contribution in [2.24, 2.45) is 0 Å². The minimum absolute atomic E-state index is 0.0119. The van der Waals surface area contributed by atoms with Gasteiger partial charge in [-0.3, -0.25) is 10.1 Å². The summed E-state index contributed by atoms with van der Waals surface area (Å²) in [5.74, 6) is 0.614. The Labute approximate surface area is 151 Å². The number of anilines is 1. The van der Waals surface area contributed by atoms with Crippen LogP contribution in [0.4, 0.5) is 11.5 Å². The number of nitro groups is 1. The van der Waals surface area contributed by atoms with Crippen molar-refractivity contribution >= 4 is 11.5 Å². The summed E-state index contributed by atoms with van der Waals surface area (Å²) in [5, 5.41) is 18.7. The fourth-order valence-electron chi connectivity index (χ4n) is 2.93. The molecule has 3 aromatic rings. The van der Waals surface area contributed by atoms with Crippen LogP contribution in [0.3, 0.4) is 0 Å². The molecule has 0 bridgehead atoms. The van der Waals surface area contributed by atoms with E-state index in [0.29, 0.717) is 11.5 Å². The molecule has 2 heterocycles. The van der Waals surface area contributed by atoms with Crippen molar-refractivity contribution in [3.63, 3.8) is 0 Å². The van der Waals surface area contributed by atoms with Crippen LogP contribution in [0.25, 0.3) is 5.69 Å². The van der Waals surface area contributed by atoms with Gasteiger partial charge in [0.1, 0.15) is 11.5 Å². The van der Waals surface area contributed by atoms with Gasteiger partial charge in [-0.15, -0.1) is 0 Å². The molecule has 0 saturated heterocycles. The average molecular weight is 351 g/mol. The van der Waals surface area contributed by atoms with E-state index in [1.165, 1.54) is 6.07 Å². The van der Waals surface area contributed by atoms with Crippen LogP contribution in [-0.4, -0.2) is 19.7 Å². The molecule has 0 aliphatic heterocycles. The molecule has 134 valence electrons. The Morgan fingerprint density at radius 1 is 1.12 bits per heavy atom. The third kappa shape index (κ3) is 3.56. The number of nitrogens with zero attached hydrogens (tertiary/aromatic N) is 4. The third-order valence-electron chi connectivity index (χ3n) is 4.27. The van der Waals surface area contributed by atoms with Crippen LogP contribution < -0.4 is 5.32 Å². The average Bonchev–Trinajstić information content (AvgIpc) is 2.93. The van der Waals surface area contributed by atoms with Crippen molar-refractivity contribution in [3.05, 3.63) is 75.2 Å². The highest BCUT2D eigenvalue weighted by Gasteiger charge is 2.13. The zero-order valence-corrected chi connectivity index (χ0v) is 15.2. The summed E-state index contributed by atoms with van der Waals surface area (Å²) in [4.78, 5) is 14.7.